The summed E-state index contributed by atoms with van der Waals surface area (Å²) in [5, 5.41) is 16.4. The normalized spacial score (nSPS) is 11.8. The van der Waals surface area contributed by atoms with Gasteiger partial charge in [-0.1, -0.05) is 28.4 Å². The van der Waals surface area contributed by atoms with Gasteiger partial charge in [-0.15, -0.1) is 0 Å². The quantitative estimate of drug-likeness (QED) is 0.380. The highest BCUT2D eigenvalue weighted by molar-refractivity contribution is 6.34. The Bertz CT molecular complexity index is 579. The second-order valence-corrected chi connectivity index (χ2v) is 4.10. The molecule has 0 fully saturated rings. The lowest BCUT2D eigenvalue weighted by Crippen LogP contribution is -2.13. The van der Waals surface area contributed by atoms with Crippen molar-refractivity contribution in [3.05, 3.63) is 46.2 Å². The molecule has 0 aliphatic rings. The third-order valence-electron chi connectivity index (χ3n) is 2.15. The summed E-state index contributed by atoms with van der Waals surface area (Å²) in [5.74, 6) is -0.0416. The van der Waals surface area contributed by atoms with Crippen LogP contribution in [0.5, 0.6) is 0 Å². The number of oxime groups is 1. The third kappa shape index (κ3) is 2.35. The van der Waals surface area contributed by atoms with Gasteiger partial charge in [0.15, 0.2) is 5.84 Å². The van der Waals surface area contributed by atoms with Crippen LogP contribution in [-0.4, -0.2) is 20.8 Å². The van der Waals surface area contributed by atoms with Crippen molar-refractivity contribution in [2.75, 3.05) is 0 Å². The van der Waals surface area contributed by atoms with Crippen molar-refractivity contribution in [3.63, 3.8) is 0 Å². The van der Waals surface area contributed by atoms with Crippen LogP contribution in [0, 0.1) is 0 Å². The van der Waals surface area contributed by atoms with E-state index in [4.69, 9.17) is 34.1 Å². The molecule has 2 aromatic rings. The summed E-state index contributed by atoms with van der Waals surface area (Å²) in [4.78, 5) is 0. The van der Waals surface area contributed by atoms with E-state index >= 15 is 0 Å². The van der Waals surface area contributed by atoms with Gasteiger partial charge >= 0.3 is 0 Å². The van der Waals surface area contributed by atoms with Crippen molar-refractivity contribution in [2.24, 2.45) is 10.9 Å². The van der Waals surface area contributed by atoms with Crippen LogP contribution in [0.2, 0.25) is 10.0 Å². The molecule has 0 saturated carbocycles. The van der Waals surface area contributed by atoms with Gasteiger partial charge in [-0.3, -0.25) is 0 Å². The minimum atomic E-state index is -0.0416. The fourth-order valence-corrected chi connectivity index (χ4v) is 1.76. The largest absolute Gasteiger partial charge is 0.409 e. The molecule has 0 aliphatic heterocycles. The lowest BCUT2D eigenvalue weighted by Gasteiger charge is -2.05. The Balaban J connectivity index is 2.44. The number of hydrogen-bond acceptors (Lipinski definition) is 3. The van der Waals surface area contributed by atoms with Crippen LogP contribution in [0.4, 0.5) is 0 Å². The summed E-state index contributed by atoms with van der Waals surface area (Å²) >= 11 is 11.8. The molecule has 0 unspecified atom stereocenters. The summed E-state index contributed by atoms with van der Waals surface area (Å²) in [5.41, 5.74) is 6.65. The van der Waals surface area contributed by atoms with E-state index in [2.05, 4.69) is 10.3 Å². The van der Waals surface area contributed by atoms with Gasteiger partial charge in [-0.05, 0) is 18.2 Å². The summed E-state index contributed by atoms with van der Waals surface area (Å²) in [6, 6.07) is 5.03. The highest BCUT2D eigenvalue weighted by atomic mass is 35.5. The first-order valence-corrected chi connectivity index (χ1v) is 5.35. The molecular weight excluding hydrogens is 263 g/mol. The molecule has 5 nitrogen and oxygen atoms in total. The highest BCUT2D eigenvalue weighted by Crippen LogP contribution is 2.20. The van der Waals surface area contributed by atoms with Crippen LogP contribution in [0.15, 0.2) is 35.7 Å². The zero-order valence-corrected chi connectivity index (χ0v) is 10.0. The van der Waals surface area contributed by atoms with E-state index in [-0.39, 0.29) is 5.84 Å². The molecule has 1 heterocycles. The molecule has 3 N–H and O–H groups in total. The fourth-order valence-electron chi connectivity index (χ4n) is 1.35. The van der Waals surface area contributed by atoms with Gasteiger partial charge in [0.2, 0.25) is 0 Å². The SMILES string of the molecule is NC(=NO)c1ccc(-n2cc(Cl)cn2)cc1Cl. The van der Waals surface area contributed by atoms with E-state index in [0.717, 1.165) is 5.69 Å². The van der Waals surface area contributed by atoms with Gasteiger partial charge in [0.25, 0.3) is 0 Å². The molecule has 88 valence electrons. The number of nitrogens with zero attached hydrogens (tertiary/aromatic N) is 3. The maximum atomic E-state index is 8.57. The first kappa shape index (κ1) is 11.8. The van der Waals surface area contributed by atoms with Crippen LogP contribution >= 0.6 is 23.2 Å². The molecule has 0 radical (unpaired) electrons. The monoisotopic (exact) mass is 270 g/mol. The average Bonchev–Trinajstić information content (AvgIpc) is 2.75. The fraction of sp³-hybridized carbons (Fsp3) is 0. The number of benzene rings is 1. The van der Waals surface area contributed by atoms with Gasteiger partial charge in [0.05, 0.1) is 21.9 Å². The van der Waals surface area contributed by atoms with Crippen molar-refractivity contribution in [2.45, 2.75) is 0 Å². The molecule has 0 atom stereocenters. The molecular formula is C10H8Cl2N4O. The van der Waals surface area contributed by atoms with E-state index in [1.165, 1.54) is 6.20 Å². The van der Waals surface area contributed by atoms with Gasteiger partial charge in [0, 0.05) is 11.8 Å². The van der Waals surface area contributed by atoms with Crippen molar-refractivity contribution in [1.29, 1.82) is 0 Å². The zero-order chi connectivity index (χ0) is 12.4. The molecule has 0 bridgehead atoms. The van der Waals surface area contributed by atoms with E-state index < -0.39 is 0 Å². The average molecular weight is 271 g/mol. The number of hydrogen-bond donors (Lipinski definition) is 2. The zero-order valence-electron chi connectivity index (χ0n) is 8.51. The van der Waals surface area contributed by atoms with Crippen molar-refractivity contribution in [3.8, 4) is 5.69 Å². The predicted octanol–water partition coefficient (Wildman–Crippen LogP) is 2.27. The molecule has 2 rings (SSSR count). The van der Waals surface area contributed by atoms with Gasteiger partial charge in [0.1, 0.15) is 0 Å². The lowest BCUT2D eigenvalue weighted by atomic mass is 10.2. The van der Waals surface area contributed by atoms with Crippen LogP contribution in [0.3, 0.4) is 0 Å². The van der Waals surface area contributed by atoms with E-state index in [9.17, 15) is 0 Å². The Kier molecular flexibility index (Phi) is 3.21. The summed E-state index contributed by atoms with van der Waals surface area (Å²) in [6.45, 7) is 0. The minimum Gasteiger partial charge on any atom is -0.409 e. The third-order valence-corrected chi connectivity index (χ3v) is 2.66. The lowest BCUT2D eigenvalue weighted by molar-refractivity contribution is 0.318. The minimum absolute atomic E-state index is 0.0416. The Morgan fingerprint density at radius 2 is 2.18 bits per heavy atom. The van der Waals surface area contributed by atoms with E-state index in [1.54, 1.807) is 29.1 Å². The topological polar surface area (TPSA) is 76.4 Å². The number of amidine groups is 1. The molecule has 1 aromatic carbocycles. The summed E-state index contributed by atoms with van der Waals surface area (Å²) in [6.07, 6.45) is 3.17. The highest BCUT2D eigenvalue weighted by Gasteiger charge is 2.07. The van der Waals surface area contributed by atoms with Crippen LogP contribution in [0.25, 0.3) is 5.69 Å². The maximum absolute atomic E-state index is 8.57. The van der Waals surface area contributed by atoms with Gasteiger partial charge in [-0.2, -0.15) is 5.10 Å². The van der Waals surface area contributed by atoms with Crippen molar-refractivity contribution < 1.29 is 5.21 Å². The number of rotatable bonds is 2. The Hall–Kier alpha value is -1.72. The molecule has 17 heavy (non-hydrogen) atoms. The van der Waals surface area contributed by atoms with E-state index in [1.807, 2.05) is 0 Å². The smallest absolute Gasteiger partial charge is 0.171 e. The predicted molar refractivity (Wildman–Crippen MR) is 66.1 cm³/mol. The maximum Gasteiger partial charge on any atom is 0.171 e. The molecule has 0 amide bonds. The van der Waals surface area contributed by atoms with Crippen molar-refractivity contribution >= 4 is 29.0 Å². The van der Waals surface area contributed by atoms with Crippen LogP contribution in [-0.2, 0) is 0 Å². The molecule has 0 saturated heterocycles. The second-order valence-electron chi connectivity index (χ2n) is 3.25. The van der Waals surface area contributed by atoms with Crippen LogP contribution < -0.4 is 5.73 Å². The molecule has 0 aliphatic carbocycles. The van der Waals surface area contributed by atoms with Crippen molar-refractivity contribution in [1.82, 2.24) is 9.78 Å². The number of halogens is 2. The first-order chi connectivity index (χ1) is 8.11. The summed E-state index contributed by atoms with van der Waals surface area (Å²) in [7, 11) is 0. The molecule has 0 spiro atoms. The first-order valence-electron chi connectivity index (χ1n) is 4.60. The summed E-state index contributed by atoms with van der Waals surface area (Å²) < 4.78 is 1.57. The number of nitrogens with two attached hydrogens (primary N) is 1. The standard InChI is InChI=1S/C10H8Cl2N4O/c11-6-4-14-16(5-6)7-1-2-8(9(12)3-7)10(13)15-17/h1-5,17H,(H2,13,15). The van der Waals surface area contributed by atoms with Gasteiger partial charge in [-0.25, -0.2) is 4.68 Å². The van der Waals surface area contributed by atoms with Crippen LogP contribution in [0.1, 0.15) is 5.56 Å². The molecule has 7 heteroatoms. The number of aromatic nitrogens is 2. The molecule has 1 aromatic heterocycles. The second kappa shape index (κ2) is 4.65. The Labute approximate surface area is 107 Å². The van der Waals surface area contributed by atoms with E-state index in [0.29, 0.717) is 15.6 Å². The van der Waals surface area contributed by atoms with Gasteiger partial charge < -0.3 is 10.9 Å². The Morgan fingerprint density at radius 3 is 2.71 bits per heavy atom. The Morgan fingerprint density at radius 1 is 1.41 bits per heavy atom.